The number of halogens is 1. The highest BCUT2D eigenvalue weighted by atomic mass is 35.5. The van der Waals surface area contributed by atoms with Crippen molar-refractivity contribution >= 4 is 23.3 Å². The van der Waals surface area contributed by atoms with Gasteiger partial charge in [0.05, 0.1) is 11.5 Å². The molecule has 1 heterocycles. The molecule has 0 aliphatic heterocycles. The molecular formula is C11H13ClN2O4. The van der Waals surface area contributed by atoms with Crippen LogP contribution < -0.4 is 0 Å². The molecular weight excluding hydrogens is 260 g/mol. The summed E-state index contributed by atoms with van der Waals surface area (Å²) in [5.74, 6) is -0.688. The summed E-state index contributed by atoms with van der Waals surface area (Å²) in [7, 11) is 0. The van der Waals surface area contributed by atoms with Crippen molar-refractivity contribution < 1.29 is 14.5 Å². The minimum absolute atomic E-state index is 0.0811. The summed E-state index contributed by atoms with van der Waals surface area (Å²) in [5.41, 5.74) is -0.373. The van der Waals surface area contributed by atoms with E-state index < -0.39 is 10.9 Å². The lowest BCUT2D eigenvalue weighted by Gasteiger charge is -2.05. The number of nitro groups is 1. The van der Waals surface area contributed by atoms with Gasteiger partial charge in [-0.15, -0.1) is 0 Å². The Morgan fingerprint density at radius 3 is 2.89 bits per heavy atom. The summed E-state index contributed by atoms with van der Waals surface area (Å²) in [6.07, 6.45) is 3.71. The maximum Gasteiger partial charge on any atom is 0.341 e. The number of carbonyl (C=O) groups is 1. The van der Waals surface area contributed by atoms with Gasteiger partial charge < -0.3 is 4.74 Å². The second kappa shape index (κ2) is 6.90. The summed E-state index contributed by atoms with van der Waals surface area (Å²) in [4.78, 5) is 25.1. The van der Waals surface area contributed by atoms with Gasteiger partial charge in [0.1, 0.15) is 16.9 Å². The van der Waals surface area contributed by atoms with E-state index in [4.69, 9.17) is 16.3 Å². The number of nitrogens with zero attached hydrogens (tertiary/aromatic N) is 2. The van der Waals surface area contributed by atoms with Crippen molar-refractivity contribution in [3.63, 3.8) is 0 Å². The van der Waals surface area contributed by atoms with Crippen molar-refractivity contribution in [3.8, 4) is 0 Å². The Bertz CT molecular complexity index is 451. The summed E-state index contributed by atoms with van der Waals surface area (Å²) < 4.78 is 4.96. The lowest BCUT2D eigenvalue weighted by molar-refractivity contribution is -0.385. The molecule has 0 unspecified atom stereocenters. The third-order valence-corrected chi connectivity index (χ3v) is 2.54. The standard InChI is InChI=1S/C11H13ClN2O4/c1-2-3-4-5-18-11(15)9-6-8(14(16)17)7-13-10(9)12/h6-7H,2-5H2,1H3. The average Bonchev–Trinajstić information content (AvgIpc) is 2.34. The first-order valence-electron chi connectivity index (χ1n) is 5.53. The fourth-order valence-corrected chi connectivity index (χ4v) is 1.46. The average molecular weight is 273 g/mol. The molecule has 98 valence electrons. The van der Waals surface area contributed by atoms with E-state index in [1.807, 2.05) is 6.92 Å². The zero-order valence-electron chi connectivity index (χ0n) is 9.89. The lowest BCUT2D eigenvalue weighted by Crippen LogP contribution is -2.08. The highest BCUT2D eigenvalue weighted by Gasteiger charge is 2.18. The molecule has 1 aromatic rings. The Balaban J connectivity index is 2.72. The molecule has 0 saturated carbocycles. The van der Waals surface area contributed by atoms with E-state index >= 15 is 0 Å². The second-order valence-corrected chi connectivity index (χ2v) is 3.99. The van der Waals surface area contributed by atoms with Crippen molar-refractivity contribution in [2.45, 2.75) is 26.2 Å². The molecule has 0 atom stereocenters. The second-order valence-electron chi connectivity index (χ2n) is 3.63. The fraction of sp³-hybridized carbons (Fsp3) is 0.455. The van der Waals surface area contributed by atoms with Gasteiger partial charge in [-0.2, -0.15) is 0 Å². The number of ether oxygens (including phenoxy) is 1. The third-order valence-electron chi connectivity index (χ3n) is 2.24. The minimum atomic E-state index is -0.688. The van der Waals surface area contributed by atoms with Crippen LogP contribution >= 0.6 is 11.6 Å². The molecule has 0 aliphatic carbocycles. The number of hydrogen-bond acceptors (Lipinski definition) is 5. The summed E-state index contributed by atoms with van der Waals surface area (Å²) in [6.45, 7) is 2.30. The van der Waals surface area contributed by atoms with Crippen molar-refractivity contribution in [1.29, 1.82) is 0 Å². The Morgan fingerprint density at radius 2 is 2.28 bits per heavy atom. The van der Waals surface area contributed by atoms with E-state index in [1.54, 1.807) is 0 Å². The van der Waals surface area contributed by atoms with Gasteiger partial charge in [0, 0.05) is 6.07 Å². The van der Waals surface area contributed by atoms with Crippen LogP contribution in [-0.4, -0.2) is 22.5 Å². The first-order valence-corrected chi connectivity index (χ1v) is 5.91. The van der Waals surface area contributed by atoms with E-state index in [1.165, 1.54) is 0 Å². The summed E-state index contributed by atoms with van der Waals surface area (Å²) >= 11 is 5.70. The Hall–Kier alpha value is -1.69. The summed E-state index contributed by atoms with van der Waals surface area (Å²) in [6, 6.07) is 1.07. The topological polar surface area (TPSA) is 82.3 Å². The van der Waals surface area contributed by atoms with Gasteiger partial charge >= 0.3 is 5.97 Å². The number of pyridine rings is 1. The molecule has 0 spiro atoms. The van der Waals surface area contributed by atoms with Crippen LogP contribution in [0, 0.1) is 10.1 Å². The van der Waals surface area contributed by atoms with Crippen LogP contribution in [0.5, 0.6) is 0 Å². The molecule has 0 aromatic carbocycles. The molecule has 0 aliphatic rings. The largest absolute Gasteiger partial charge is 0.462 e. The van der Waals surface area contributed by atoms with Crippen molar-refractivity contribution in [2.24, 2.45) is 0 Å². The number of carbonyl (C=O) groups excluding carboxylic acids is 1. The quantitative estimate of drug-likeness (QED) is 0.261. The smallest absolute Gasteiger partial charge is 0.341 e. The Morgan fingerprint density at radius 1 is 1.56 bits per heavy atom. The number of rotatable bonds is 6. The SMILES string of the molecule is CCCCCOC(=O)c1cc([N+](=O)[O-])cnc1Cl. The van der Waals surface area contributed by atoms with Crippen LogP contribution in [-0.2, 0) is 4.74 Å². The zero-order valence-corrected chi connectivity index (χ0v) is 10.6. The van der Waals surface area contributed by atoms with Crippen molar-refractivity contribution in [2.75, 3.05) is 6.61 Å². The van der Waals surface area contributed by atoms with E-state index in [9.17, 15) is 14.9 Å². The summed E-state index contributed by atoms with van der Waals surface area (Å²) in [5, 5.41) is 10.5. The van der Waals surface area contributed by atoms with Crippen LogP contribution in [0.3, 0.4) is 0 Å². The number of unbranched alkanes of at least 4 members (excludes halogenated alkanes) is 2. The number of aromatic nitrogens is 1. The van der Waals surface area contributed by atoms with Crippen LogP contribution in [0.4, 0.5) is 5.69 Å². The molecule has 1 aromatic heterocycles. The predicted molar refractivity (Wildman–Crippen MR) is 65.7 cm³/mol. The Kier molecular flexibility index (Phi) is 5.51. The minimum Gasteiger partial charge on any atom is -0.462 e. The van der Waals surface area contributed by atoms with Gasteiger partial charge in [-0.05, 0) is 6.42 Å². The molecule has 0 saturated heterocycles. The van der Waals surface area contributed by atoms with E-state index in [-0.39, 0.29) is 23.0 Å². The zero-order chi connectivity index (χ0) is 13.5. The predicted octanol–water partition coefficient (Wildman–Crippen LogP) is 2.99. The highest BCUT2D eigenvalue weighted by Crippen LogP contribution is 2.20. The molecule has 6 nitrogen and oxygen atoms in total. The van der Waals surface area contributed by atoms with Crippen molar-refractivity contribution in [3.05, 3.63) is 33.1 Å². The van der Waals surface area contributed by atoms with Crippen LogP contribution in [0.15, 0.2) is 12.3 Å². The van der Waals surface area contributed by atoms with Gasteiger partial charge in [0.25, 0.3) is 5.69 Å². The molecule has 0 bridgehead atoms. The van der Waals surface area contributed by atoms with Crippen molar-refractivity contribution in [1.82, 2.24) is 4.98 Å². The first kappa shape index (κ1) is 14.4. The molecule has 0 amide bonds. The van der Waals surface area contributed by atoms with Crippen LogP contribution in [0.1, 0.15) is 36.5 Å². The lowest BCUT2D eigenvalue weighted by atomic mass is 10.2. The number of esters is 1. The van der Waals surface area contributed by atoms with Crippen LogP contribution in [0.2, 0.25) is 5.15 Å². The van der Waals surface area contributed by atoms with E-state index in [0.29, 0.717) is 0 Å². The third kappa shape index (κ3) is 3.96. The first-order chi connectivity index (χ1) is 8.56. The molecule has 18 heavy (non-hydrogen) atoms. The molecule has 7 heteroatoms. The molecule has 1 rings (SSSR count). The fourth-order valence-electron chi connectivity index (χ4n) is 1.27. The Labute approximate surface area is 109 Å². The van der Waals surface area contributed by atoms with Gasteiger partial charge in [0.2, 0.25) is 0 Å². The molecule has 0 N–H and O–H groups in total. The van der Waals surface area contributed by atoms with Crippen LogP contribution in [0.25, 0.3) is 0 Å². The highest BCUT2D eigenvalue weighted by molar-refractivity contribution is 6.32. The maximum absolute atomic E-state index is 11.6. The van der Waals surface area contributed by atoms with Gasteiger partial charge in [-0.25, -0.2) is 9.78 Å². The van der Waals surface area contributed by atoms with Gasteiger partial charge in [-0.3, -0.25) is 10.1 Å². The molecule has 0 radical (unpaired) electrons. The molecule has 0 fully saturated rings. The maximum atomic E-state index is 11.6. The number of hydrogen-bond donors (Lipinski definition) is 0. The normalized spacial score (nSPS) is 10.1. The van der Waals surface area contributed by atoms with E-state index in [2.05, 4.69) is 4.98 Å². The van der Waals surface area contributed by atoms with Gasteiger partial charge in [-0.1, -0.05) is 31.4 Å². The monoisotopic (exact) mass is 272 g/mol. The van der Waals surface area contributed by atoms with Gasteiger partial charge in [0.15, 0.2) is 0 Å². The van der Waals surface area contributed by atoms with E-state index in [0.717, 1.165) is 31.5 Å².